The third-order valence-electron chi connectivity index (χ3n) is 5.33. The van der Waals surface area contributed by atoms with Gasteiger partial charge in [-0.1, -0.05) is 39.4 Å². The van der Waals surface area contributed by atoms with Gasteiger partial charge in [0.1, 0.15) is 11.3 Å². The molecule has 4 aromatic rings. The average Bonchev–Trinajstić information content (AvgIpc) is 3.26. The number of ketones is 1. The van der Waals surface area contributed by atoms with Crippen LogP contribution in [0.15, 0.2) is 56.1 Å². The Labute approximate surface area is 194 Å². The molecule has 0 spiro atoms. The van der Waals surface area contributed by atoms with Gasteiger partial charge in [-0.25, -0.2) is 4.98 Å². The van der Waals surface area contributed by atoms with E-state index in [9.17, 15) is 19.5 Å². The summed E-state index contributed by atoms with van der Waals surface area (Å²) >= 11 is 4.46. The van der Waals surface area contributed by atoms with Crippen molar-refractivity contribution >= 4 is 55.1 Å². The molecule has 3 heterocycles. The normalized spacial score (nSPS) is 15.4. The van der Waals surface area contributed by atoms with Crippen molar-refractivity contribution < 1.29 is 19.1 Å². The molecule has 1 amide bonds. The second-order valence-corrected chi connectivity index (χ2v) is 9.35. The zero-order valence-corrected chi connectivity index (χ0v) is 19.3. The first-order valence-corrected chi connectivity index (χ1v) is 11.2. The number of aromatic nitrogens is 1. The van der Waals surface area contributed by atoms with Gasteiger partial charge in [0.25, 0.3) is 5.91 Å². The second-order valence-electron chi connectivity index (χ2n) is 7.45. The van der Waals surface area contributed by atoms with E-state index in [-0.39, 0.29) is 33.4 Å². The summed E-state index contributed by atoms with van der Waals surface area (Å²) in [5.41, 5.74) is 1.15. The van der Waals surface area contributed by atoms with Crippen molar-refractivity contribution in [1.82, 2.24) is 4.98 Å². The number of phenolic OH excluding ortho intramolecular Hbond substituents is 1. The maximum Gasteiger partial charge on any atom is 0.297 e. The lowest BCUT2D eigenvalue weighted by molar-refractivity contribution is 0.0969. The Bertz CT molecular complexity index is 1510. The van der Waals surface area contributed by atoms with Gasteiger partial charge in [-0.05, 0) is 42.8 Å². The number of aryl methyl sites for hydroxylation is 1. The Morgan fingerprint density at radius 2 is 2.00 bits per heavy atom. The summed E-state index contributed by atoms with van der Waals surface area (Å²) in [6.45, 7) is 3.14. The number of hydrogen-bond donors (Lipinski definition) is 1. The maximum atomic E-state index is 13.6. The highest BCUT2D eigenvalue weighted by atomic mass is 79.9. The number of hydrogen-bond acceptors (Lipinski definition) is 7. The van der Waals surface area contributed by atoms with Crippen molar-refractivity contribution in [2.75, 3.05) is 4.90 Å². The van der Waals surface area contributed by atoms with Crippen molar-refractivity contribution in [3.63, 3.8) is 0 Å². The van der Waals surface area contributed by atoms with E-state index in [0.717, 1.165) is 11.3 Å². The van der Waals surface area contributed by atoms with Crippen LogP contribution in [0.2, 0.25) is 0 Å². The van der Waals surface area contributed by atoms with E-state index in [0.29, 0.717) is 31.6 Å². The number of halogens is 1. The van der Waals surface area contributed by atoms with Crippen molar-refractivity contribution in [2.24, 2.45) is 0 Å². The van der Waals surface area contributed by atoms with Crippen molar-refractivity contribution in [3.05, 3.63) is 84.6 Å². The maximum absolute atomic E-state index is 13.6. The Morgan fingerprint density at radius 1 is 1.22 bits per heavy atom. The summed E-state index contributed by atoms with van der Waals surface area (Å²) in [6.07, 6.45) is 0. The fourth-order valence-electron chi connectivity index (χ4n) is 3.96. The number of rotatable bonds is 3. The average molecular weight is 511 g/mol. The van der Waals surface area contributed by atoms with Crippen LogP contribution in [0.5, 0.6) is 5.75 Å². The fraction of sp³-hybridized carbons (Fsp3) is 0.130. The number of phenols is 1. The van der Waals surface area contributed by atoms with E-state index in [4.69, 9.17) is 4.42 Å². The van der Waals surface area contributed by atoms with Gasteiger partial charge in [-0.3, -0.25) is 19.3 Å². The molecule has 1 aliphatic heterocycles. The van der Waals surface area contributed by atoms with Crippen LogP contribution in [0.1, 0.15) is 50.0 Å². The molecule has 0 fully saturated rings. The smallest absolute Gasteiger partial charge is 0.297 e. The van der Waals surface area contributed by atoms with E-state index < -0.39 is 11.9 Å². The van der Waals surface area contributed by atoms with Gasteiger partial charge in [0, 0.05) is 11.4 Å². The molecule has 7 nitrogen and oxygen atoms in total. The molecule has 2 aromatic heterocycles. The predicted molar refractivity (Wildman–Crippen MR) is 124 cm³/mol. The monoisotopic (exact) mass is 510 g/mol. The summed E-state index contributed by atoms with van der Waals surface area (Å²) in [6, 6.07) is 10.5. The van der Waals surface area contributed by atoms with Gasteiger partial charge >= 0.3 is 0 Å². The molecule has 0 radical (unpaired) electrons. The zero-order chi connectivity index (χ0) is 22.7. The number of carbonyl (C=O) groups excluding carboxylic acids is 2. The SMILES string of the molecule is CC(=O)c1sc(N2C(=O)c3oc4ccc(Br)cc4c(=O)c3C2c2cccc(O)c2)nc1C. The summed E-state index contributed by atoms with van der Waals surface area (Å²) in [4.78, 5) is 45.3. The lowest BCUT2D eigenvalue weighted by Gasteiger charge is -2.22. The van der Waals surface area contributed by atoms with Gasteiger partial charge in [0.15, 0.2) is 16.3 Å². The number of nitrogens with zero attached hydrogens (tertiary/aromatic N) is 2. The van der Waals surface area contributed by atoms with Crippen LogP contribution >= 0.6 is 27.3 Å². The highest BCUT2D eigenvalue weighted by Crippen LogP contribution is 2.43. The van der Waals surface area contributed by atoms with Crippen LogP contribution in [0.25, 0.3) is 11.0 Å². The molecule has 32 heavy (non-hydrogen) atoms. The molecule has 1 unspecified atom stereocenters. The van der Waals surface area contributed by atoms with Crippen LogP contribution < -0.4 is 10.3 Å². The molecule has 9 heteroatoms. The summed E-state index contributed by atoms with van der Waals surface area (Å²) < 4.78 is 6.61. The van der Waals surface area contributed by atoms with Crippen LogP contribution in [0.4, 0.5) is 5.13 Å². The van der Waals surface area contributed by atoms with Crippen LogP contribution in [0, 0.1) is 6.92 Å². The number of carbonyl (C=O) groups is 2. The molecular weight excluding hydrogens is 496 g/mol. The molecule has 0 aliphatic carbocycles. The van der Waals surface area contributed by atoms with E-state index in [1.807, 2.05) is 0 Å². The first-order valence-electron chi connectivity index (χ1n) is 9.63. The number of thiazole rings is 1. The highest BCUT2D eigenvalue weighted by Gasteiger charge is 2.45. The third-order valence-corrected chi connectivity index (χ3v) is 7.08. The predicted octanol–water partition coefficient (Wildman–Crippen LogP) is 4.98. The molecule has 0 saturated heterocycles. The molecule has 1 N–H and O–H groups in total. The van der Waals surface area contributed by atoms with E-state index in [1.54, 1.807) is 37.3 Å². The minimum Gasteiger partial charge on any atom is -0.508 e. The summed E-state index contributed by atoms with van der Waals surface area (Å²) in [7, 11) is 0. The fourth-order valence-corrected chi connectivity index (χ4v) is 5.31. The number of amides is 1. The van der Waals surface area contributed by atoms with Crippen LogP contribution in [-0.2, 0) is 0 Å². The number of Topliss-reactive ketones (excluding diaryl/α,β-unsaturated/α-hetero) is 1. The molecule has 0 bridgehead atoms. The van der Waals surface area contributed by atoms with Gasteiger partial charge in [0.2, 0.25) is 5.76 Å². The largest absolute Gasteiger partial charge is 0.508 e. The Morgan fingerprint density at radius 3 is 2.69 bits per heavy atom. The Balaban J connectivity index is 1.82. The lowest BCUT2D eigenvalue weighted by atomic mass is 9.98. The molecule has 1 atom stereocenters. The van der Waals surface area contributed by atoms with Crippen molar-refractivity contribution in [1.29, 1.82) is 0 Å². The third kappa shape index (κ3) is 3.08. The summed E-state index contributed by atoms with van der Waals surface area (Å²) in [5.74, 6) is -0.764. The van der Waals surface area contributed by atoms with Crippen LogP contribution in [-0.4, -0.2) is 21.8 Å². The molecule has 1 aliphatic rings. The Hall–Kier alpha value is -3.30. The zero-order valence-electron chi connectivity index (χ0n) is 16.9. The molecule has 160 valence electrons. The van der Waals surface area contributed by atoms with Gasteiger partial charge in [-0.15, -0.1) is 0 Å². The number of benzene rings is 2. The first-order chi connectivity index (χ1) is 15.3. The second kappa shape index (κ2) is 7.39. The van der Waals surface area contributed by atoms with E-state index in [1.165, 1.54) is 24.0 Å². The topological polar surface area (TPSA) is 101 Å². The lowest BCUT2D eigenvalue weighted by Crippen LogP contribution is -2.29. The minimum absolute atomic E-state index is 0.00369. The quantitative estimate of drug-likeness (QED) is 0.390. The number of aromatic hydroxyl groups is 1. The van der Waals surface area contributed by atoms with Crippen LogP contribution in [0.3, 0.4) is 0 Å². The number of anilines is 1. The number of fused-ring (bicyclic) bond motifs is 2. The van der Waals surface area contributed by atoms with E-state index >= 15 is 0 Å². The standard InChI is InChI=1S/C23H15BrN2O5S/c1-10-21(11(2)27)32-23(25-10)26-18(12-4-3-5-14(28)8-12)17-19(29)15-9-13(24)6-7-16(15)31-20(17)22(26)30/h3-9,18,28H,1-2H3. The highest BCUT2D eigenvalue weighted by molar-refractivity contribution is 9.10. The Kier molecular flexibility index (Phi) is 4.75. The van der Waals surface area contributed by atoms with Gasteiger partial charge < -0.3 is 9.52 Å². The molecule has 2 aromatic carbocycles. The molecule has 0 saturated carbocycles. The van der Waals surface area contributed by atoms with Gasteiger partial charge in [-0.2, -0.15) is 0 Å². The van der Waals surface area contributed by atoms with Crippen molar-refractivity contribution in [2.45, 2.75) is 19.9 Å². The van der Waals surface area contributed by atoms with Gasteiger partial charge in [0.05, 0.1) is 27.6 Å². The van der Waals surface area contributed by atoms with E-state index in [2.05, 4.69) is 20.9 Å². The minimum atomic E-state index is -0.866. The summed E-state index contributed by atoms with van der Waals surface area (Å²) in [5, 5.41) is 10.7. The molecule has 5 rings (SSSR count). The van der Waals surface area contributed by atoms with Crippen molar-refractivity contribution in [3.8, 4) is 5.75 Å². The first kappa shape index (κ1) is 20.6. The molecular formula is C23H15BrN2O5S.